The van der Waals surface area contributed by atoms with Gasteiger partial charge in [-0.1, -0.05) is 37.5 Å². The van der Waals surface area contributed by atoms with E-state index in [1.54, 1.807) is 12.1 Å². The molecule has 6 heteroatoms. The van der Waals surface area contributed by atoms with Crippen LogP contribution in [0, 0.1) is 11.3 Å². The summed E-state index contributed by atoms with van der Waals surface area (Å²) in [5.41, 5.74) is 0.143. The van der Waals surface area contributed by atoms with Gasteiger partial charge < -0.3 is 10.1 Å². The number of nitriles is 1. The molecule has 0 spiro atoms. The van der Waals surface area contributed by atoms with Crippen LogP contribution in [0.4, 0.5) is 8.78 Å². The number of nitrogens with one attached hydrogen (secondary N) is 1. The second-order valence-corrected chi connectivity index (χ2v) is 5.39. The lowest BCUT2D eigenvalue weighted by molar-refractivity contribution is -0.117. The first-order valence-corrected chi connectivity index (χ1v) is 7.56. The molecular formula is C17H18F2N2O2. The third-order valence-electron chi connectivity index (χ3n) is 3.74. The summed E-state index contributed by atoms with van der Waals surface area (Å²) in [6.45, 7) is -2.97. The number of hydrogen-bond donors (Lipinski definition) is 1. The summed E-state index contributed by atoms with van der Waals surface area (Å²) in [6.07, 6.45) is 6.34. The zero-order valence-electron chi connectivity index (χ0n) is 12.6. The van der Waals surface area contributed by atoms with Gasteiger partial charge in [0.15, 0.2) is 0 Å². The van der Waals surface area contributed by atoms with Crippen molar-refractivity contribution in [3.63, 3.8) is 0 Å². The molecule has 1 aromatic carbocycles. The molecule has 23 heavy (non-hydrogen) atoms. The lowest BCUT2D eigenvalue weighted by Gasteiger charge is -2.22. The van der Waals surface area contributed by atoms with Gasteiger partial charge in [-0.3, -0.25) is 4.79 Å². The van der Waals surface area contributed by atoms with E-state index in [0.717, 1.165) is 32.1 Å². The van der Waals surface area contributed by atoms with Crippen molar-refractivity contribution in [1.82, 2.24) is 5.32 Å². The first kappa shape index (κ1) is 16.9. The zero-order chi connectivity index (χ0) is 16.7. The number of hydrogen-bond acceptors (Lipinski definition) is 3. The van der Waals surface area contributed by atoms with Crippen LogP contribution in [-0.4, -0.2) is 18.6 Å². The average molecular weight is 320 g/mol. The molecule has 1 aliphatic carbocycles. The Hall–Kier alpha value is -2.42. The highest BCUT2D eigenvalue weighted by atomic mass is 19.3. The van der Waals surface area contributed by atoms with Crippen molar-refractivity contribution >= 4 is 12.0 Å². The summed E-state index contributed by atoms with van der Waals surface area (Å²) < 4.78 is 29.2. The normalized spacial score (nSPS) is 16.0. The summed E-state index contributed by atoms with van der Waals surface area (Å²) in [4.78, 5) is 12.2. The van der Waals surface area contributed by atoms with E-state index < -0.39 is 12.5 Å². The van der Waals surface area contributed by atoms with E-state index in [2.05, 4.69) is 10.1 Å². The smallest absolute Gasteiger partial charge is 0.387 e. The van der Waals surface area contributed by atoms with Gasteiger partial charge in [0.1, 0.15) is 17.4 Å². The topological polar surface area (TPSA) is 62.1 Å². The Labute approximate surface area is 133 Å². The number of halogens is 2. The highest BCUT2D eigenvalue weighted by molar-refractivity contribution is 6.02. The van der Waals surface area contributed by atoms with E-state index in [1.807, 2.05) is 6.07 Å². The molecule has 0 atom stereocenters. The Bertz CT molecular complexity index is 617. The molecule has 0 radical (unpaired) electrons. The van der Waals surface area contributed by atoms with Crippen molar-refractivity contribution in [1.29, 1.82) is 5.26 Å². The van der Waals surface area contributed by atoms with Crippen molar-refractivity contribution in [2.24, 2.45) is 0 Å². The van der Waals surface area contributed by atoms with Crippen LogP contribution in [0.1, 0.15) is 37.7 Å². The number of benzene rings is 1. The third kappa shape index (κ3) is 5.06. The van der Waals surface area contributed by atoms with Gasteiger partial charge in [0, 0.05) is 11.6 Å². The quantitative estimate of drug-likeness (QED) is 0.665. The van der Waals surface area contributed by atoms with E-state index in [-0.39, 0.29) is 22.9 Å². The molecule has 0 aliphatic heterocycles. The van der Waals surface area contributed by atoms with Crippen molar-refractivity contribution in [3.05, 3.63) is 35.4 Å². The fourth-order valence-electron chi connectivity index (χ4n) is 2.62. The van der Waals surface area contributed by atoms with Crippen molar-refractivity contribution in [2.45, 2.75) is 44.8 Å². The molecule has 0 bridgehead atoms. The molecule has 1 fully saturated rings. The minimum atomic E-state index is -2.97. The average Bonchev–Trinajstić information content (AvgIpc) is 2.54. The fraction of sp³-hybridized carbons (Fsp3) is 0.412. The molecule has 1 amide bonds. The minimum Gasteiger partial charge on any atom is -0.434 e. The minimum absolute atomic E-state index is 0.0688. The summed E-state index contributed by atoms with van der Waals surface area (Å²) in [7, 11) is 0. The number of ether oxygens (including phenoxy) is 1. The summed E-state index contributed by atoms with van der Waals surface area (Å²) >= 11 is 0. The molecule has 0 saturated heterocycles. The second kappa shape index (κ2) is 8.28. The second-order valence-electron chi connectivity index (χ2n) is 5.39. The van der Waals surface area contributed by atoms with Crippen LogP contribution < -0.4 is 10.1 Å². The summed E-state index contributed by atoms with van der Waals surface area (Å²) in [6, 6.07) is 7.95. The Kier molecular flexibility index (Phi) is 6.10. The number of carbonyl (C=O) groups is 1. The van der Waals surface area contributed by atoms with Gasteiger partial charge >= 0.3 is 6.61 Å². The van der Waals surface area contributed by atoms with E-state index in [0.29, 0.717) is 0 Å². The maximum Gasteiger partial charge on any atom is 0.387 e. The Balaban J connectivity index is 2.15. The van der Waals surface area contributed by atoms with Gasteiger partial charge in [-0.25, -0.2) is 0 Å². The van der Waals surface area contributed by atoms with E-state index in [4.69, 9.17) is 0 Å². The molecule has 0 heterocycles. The van der Waals surface area contributed by atoms with Crippen LogP contribution in [-0.2, 0) is 4.79 Å². The number of amides is 1. The predicted octanol–water partition coefficient (Wildman–Crippen LogP) is 3.64. The van der Waals surface area contributed by atoms with Gasteiger partial charge in [0.25, 0.3) is 5.91 Å². The Morgan fingerprint density at radius 2 is 2.00 bits per heavy atom. The third-order valence-corrected chi connectivity index (χ3v) is 3.74. The SMILES string of the molecule is N#C/C(=C/c1ccccc1OC(F)F)C(=O)NC1CCCCC1. The van der Waals surface area contributed by atoms with Crippen LogP contribution in [0.25, 0.3) is 6.08 Å². The lowest BCUT2D eigenvalue weighted by Crippen LogP contribution is -2.36. The van der Waals surface area contributed by atoms with Crippen LogP contribution in [0.5, 0.6) is 5.75 Å². The highest BCUT2D eigenvalue weighted by Crippen LogP contribution is 2.23. The van der Waals surface area contributed by atoms with Gasteiger partial charge in [-0.05, 0) is 25.0 Å². The van der Waals surface area contributed by atoms with Gasteiger partial charge in [-0.2, -0.15) is 14.0 Å². The van der Waals surface area contributed by atoms with Crippen molar-refractivity contribution < 1.29 is 18.3 Å². The van der Waals surface area contributed by atoms with Crippen LogP contribution >= 0.6 is 0 Å². The molecular weight excluding hydrogens is 302 g/mol. The van der Waals surface area contributed by atoms with Crippen LogP contribution in [0.3, 0.4) is 0 Å². The van der Waals surface area contributed by atoms with Gasteiger partial charge in [-0.15, -0.1) is 0 Å². The molecule has 1 saturated carbocycles. The van der Waals surface area contributed by atoms with E-state index >= 15 is 0 Å². The maximum absolute atomic E-state index is 12.4. The van der Waals surface area contributed by atoms with Gasteiger partial charge in [0.05, 0.1) is 0 Å². The molecule has 1 aromatic rings. The van der Waals surface area contributed by atoms with Crippen molar-refractivity contribution in [2.75, 3.05) is 0 Å². The predicted molar refractivity (Wildman–Crippen MR) is 81.7 cm³/mol. The van der Waals surface area contributed by atoms with E-state index in [1.165, 1.54) is 18.2 Å². The molecule has 1 N–H and O–H groups in total. The molecule has 2 rings (SSSR count). The zero-order valence-corrected chi connectivity index (χ0v) is 12.6. The highest BCUT2D eigenvalue weighted by Gasteiger charge is 2.18. The summed E-state index contributed by atoms with van der Waals surface area (Å²) in [5.74, 6) is -0.549. The Morgan fingerprint density at radius 3 is 2.65 bits per heavy atom. The first-order valence-electron chi connectivity index (χ1n) is 7.56. The summed E-state index contributed by atoms with van der Waals surface area (Å²) in [5, 5.41) is 12.0. The molecule has 0 unspecified atom stereocenters. The number of para-hydroxylation sites is 1. The van der Waals surface area contributed by atoms with Gasteiger partial charge in [0.2, 0.25) is 0 Å². The standard InChI is InChI=1S/C17H18F2N2O2/c18-17(19)23-15-9-5-4-6-12(15)10-13(11-20)16(22)21-14-7-2-1-3-8-14/h4-6,9-10,14,17H,1-3,7-8H2,(H,21,22)/b13-10-. The number of alkyl halides is 2. The lowest BCUT2D eigenvalue weighted by atomic mass is 9.95. The molecule has 122 valence electrons. The number of rotatable bonds is 5. The van der Waals surface area contributed by atoms with Crippen LogP contribution in [0.15, 0.2) is 29.8 Å². The number of nitrogens with zero attached hydrogens (tertiary/aromatic N) is 1. The fourth-order valence-corrected chi connectivity index (χ4v) is 2.62. The maximum atomic E-state index is 12.4. The molecule has 4 nitrogen and oxygen atoms in total. The van der Waals surface area contributed by atoms with Crippen molar-refractivity contribution in [3.8, 4) is 11.8 Å². The molecule has 0 aromatic heterocycles. The number of carbonyl (C=O) groups excluding carboxylic acids is 1. The van der Waals surface area contributed by atoms with Crippen LogP contribution in [0.2, 0.25) is 0 Å². The largest absolute Gasteiger partial charge is 0.434 e. The first-order chi connectivity index (χ1) is 11.1. The molecule has 1 aliphatic rings. The van der Waals surface area contributed by atoms with E-state index in [9.17, 15) is 18.8 Å². The monoisotopic (exact) mass is 320 g/mol. The Morgan fingerprint density at radius 1 is 1.30 bits per heavy atom.